The van der Waals surface area contributed by atoms with Crippen LogP contribution >= 0.6 is 0 Å². The van der Waals surface area contributed by atoms with Crippen molar-refractivity contribution in [3.8, 4) is 0 Å². The topological polar surface area (TPSA) is 58.2 Å². The predicted octanol–water partition coefficient (Wildman–Crippen LogP) is 2.10. The van der Waals surface area contributed by atoms with Crippen LogP contribution < -0.4 is 10.0 Å². The van der Waals surface area contributed by atoms with Gasteiger partial charge in [0.25, 0.3) is 0 Å². The molecule has 4 nitrogen and oxygen atoms in total. The average molecular weight is 294 g/mol. The van der Waals surface area contributed by atoms with Gasteiger partial charge in [-0.25, -0.2) is 13.1 Å². The molecule has 0 heterocycles. The van der Waals surface area contributed by atoms with Gasteiger partial charge in [0, 0.05) is 11.7 Å². The second-order valence-corrected chi connectivity index (χ2v) is 6.10. The molecule has 0 atom stereocenters. The molecule has 0 radical (unpaired) electrons. The number of nitrogens with one attached hydrogen (secondary N) is 2. The maximum absolute atomic E-state index is 12.0. The molecular weight excluding hydrogens is 281 g/mol. The van der Waals surface area contributed by atoms with Gasteiger partial charge >= 0.3 is 6.18 Å². The molecule has 1 aliphatic rings. The number of alkyl halides is 3. The maximum Gasteiger partial charge on any atom is 0.405 e. The quantitative estimate of drug-likeness (QED) is 0.874. The van der Waals surface area contributed by atoms with E-state index in [1.165, 1.54) is 24.3 Å². The Morgan fingerprint density at radius 1 is 1.16 bits per heavy atom. The number of anilines is 1. The lowest BCUT2D eigenvalue weighted by Gasteiger charge is -2.10. The molecule has 0 spiro atoms. The van der Waals surface area contributed by atoms with Crippen LogP contribution in [0.1, 0.15) is 12.8 Å². The first-order valence-corrected chi connectivity index (χ1v) is 7.18. The molecule has 1 aliphatic carbocycles. The molecule has 19 heavy (non-hydrogen) atoms. The summed E-state index contributed by atoms with van der Waals surface area (Å²) in [5.74, 6) is 0. The minimum absolute atomic E-state index is 0.00645. The third-order valence-electron chi connectivity index (χ3n) is 2.56. The lowest BCUT2D eigenvalue weighted by Crippen LogP contribution is -2.25. The Balaban J connectivity index is 2.01. The Labute approximate surface area is 109 Å². The van der Waals surface area contributed by atoms with Crippen LogP contribution in [0.25, 0.3) is 0 Å². The van der Waals surface area contributed by atoms with E-state index in [-0.39, 0.29) is 16.6 Å². The highest BCUT2D eigenvalue weighted by Gasteiger charge is 2.28. The standard InChI is InChI=1S/C11H13F3N2O2S/c12-11(13,14)7-15-8-3-5-10(6-4-8)19(17,18)16-9-1-2-9/h3-6,9,15-16H,1-2,7H2. The first-order valence-electron chi connectivity index (χ1n) is 5.69. The third kappa shape index (κ3) is 4.39. The fraction of sp³-hybridized carbons (Fsp3) is 0.455. The van der Waals surface area contributed by atoms with Gasteiger partial charge in [0.1, 0.15) is 6.54 Å². The van der Waals surface area contributed by atoms with Crippen molar-refractivity contribution < 1.29 is 21.6 Å². The van der Waals surface area contributed by atoms with Gasteiger partial charge in [-0.2, -0.15) is 13.2 Å². The summed E-state index contributed by atoms with van der Waals surface area (Å²) in [5, 5.41) is 2.18. The van der Waals surface area contributed by atoms with Gasteiger partial charge in [-0.3, -0.25) is 0 Å². The van der Waals surface area contributed by atoms with E-state index >= 15 is 0 Å². The normalized spacial score (nSPS) is 16.4. The molecule has 1 aromatic rings. The molecule has 106 valence electrons. The fourth-order valence-electron chi connectivity index (χ4n) is 1.44. The minimum atomic E-state index is -4.31. The second kappa shape index (κ2) is 5.01. The number of benzene rings is 1. The van der Waals surface area contributed by atoms with Crippen LogP contribution in [0.2, 0.25) is 0 Å². The zero-order valence-electron chi connectivity index (χ0n) is 9.87. The van der Waals surface area contributed by atoms with Crippen LogP contribution in [-0.4, -0.2) is 27.2 Å². The smallest absolute Gasteiger partial charge is 0.376 e. The molecule has 0 aliphatic heterocycles. The van der Waals surface area contributed by atoms with Crippen molar-refractivity contribution in [1.29, 1.82) is 0 Å². The molecule has 0 amide bonds. The van der Waals surface area contributed by atoms with Gasteiger partial charge in [0.05, 0.1) is 4.90 Å². The highest BCUT2D eigenvalue weighted by Crippen LogP contribution is 2.23. The average Bonchev–Trinajstić information content (AvgIpc) is 3.09. The van der Waals surface area contributed by atoms with Crippen LogP contribution in [0.4, 0.5) is 18.9 Å². The molecule has 0 aromatic heterocycles. The van der Waals surface area contributed by atoms with Gasteiger partial charge in [0.15, 0.2) is 0 Å². The summed E-state index contributed by atoms with van der Waals surface area (Å²) in [6, 6.07) is 5.18. The zero-order valence-corrected chi connectivity index (χ0v) is 10.7. The van der Waals surface area contributed by atoms with E-state index in [0.717, 1.165) is 12.8 Å². The summed E-state index contributed by atoms with van der Waals surface area (Å²) in [6.45, 7) is -1.15. The third-order valence-corrected chi connectivity index (χ3v) is 4.09. The molecule has 0 bridgehead atoms. The Bertz CT molecular complexity index is 536. The first-order chi connectivity index (χ1) is 8.76. The molecule has 8 heteroatoms. The van der Waals surface area contributed by atoms with E-state index in [1.807, 2.05) is 0 Å². The predicted molar refractivity (Wildman–Crippen MR) is 64.3 cm³/mol. The Hall–Kier alpha value is -1.28. The van der Waals surface area contributed by atoms with E-state index in [1.54, 1.807) is 0 Å². The largest absolute Gasteiger partial charge is 0.405 e. The molecular formula is C11H13F3N2O2S. The molecule has 0 saturated heterocycles. The van der Waals surface area contributed by atoms with Crippen molar-refractivity contribution in [3.05, 3.63) is 24.3 Å². The molecule has 0 unspecified atom stereocenters. The number of halogens is 3. The summed E-state index contributed by atoms with van der Waals surface area (Å²) in [4.78, 5) is 0.0527. The van der Waals surface area contributed by atoms with E-state index < -0.39 is 22.7 Å². The second-order valence-electron chi connectivity index (χ2n) is 4.39. The lowest BCUT2D eigenvalue weighted by molar-refractivity contribution is -0.115. The highest BCUT2D eigenvalue weighted by atomic mass is 32.2. The van der Waals surface area contributed by atoms with E-state index in [4.69, 9.17) is 0 Å². The monoisotopic (exact) mass is 294 g/mol. The summed E-state index contributed by atoms with van der Waals surface area (Å²) in [7, 11) is -3.56. The SMILES string of the molecule is O=S(=O)(NC1CC1)c1ccc(NCC(F)(F)F)cc1. The van der Waals surface area contributed by atoms with Gasteiger partial charge in [-0.15, -0.1) is 0 Å². The van der Waals surface area contributed by atoms with Gasteiger partial charge in [-0.1, -0.05) is 0 Å². The first kappa shape index (κ1) is 14.1. The van der Waals surface area contributed by atoms with E-state index in [0.29, 0.717) is 0 Å². The number of hydrogen-bond acceptors (Lipinski definition) is 3. The van der Waals surface area contributed by atoms with Gasteiger partial charge in [0.2, 0.25) is 10.0 Å². The summed E-state index contributed by atoms with van der Waals surface area (Å²) in [5.41, 5.74) is 0.225. The summed E-state index contributed by atoms with van der Waals surface area (Å²) in [6.07, 6.45) is -2.66. The highest BCUT2D eigenvalue weighted by molar-refractivity contribution is 7.89. The van der Waals surface area contributed by atoms with Crippen LogP contribution in [0.15, 0.2) is 29.2 Å². The molecule has 2 rings (SSSR count). The number of sulfonamides is 1. The van der Waals surface area contributed by atoms with Crippen LogP contribution in [0, 0.1) is 0 Å². The Kier molecular flexibility index (Phi) is 3.73. The zero-order chi connectivity index (χ0) is 14.1. The van der Waals surface area contributed by atoms with Crippen LogP contribution in [-0.2, 0) is 10.0 Å². The van der Waals surface area contributed by atoms with Gasteiger partial charge < -0.3 is 5.32 Å². The molecule has 1 fully saturated rings. The molecule has 1 aromatic carbocycles. The maximum atomic E-state index is 12.0. The summed E-state index contributed by atoms with van der Waals surface area (Å²) >= 11 is 0. The van der Waals surface area contributed by atoms with Crippen molar-refractivity contribution in [2.75, 3.05) is 11.9 Å². The van der Waals surface area contributed by atoms with Crippen molar-refractivity contribution >= 4 is 15.7 Å². The minimum Gasteiger partial charge on any atom is -0.376 e. The fourth-order valence-corrected chi connectivity index (χ4v) is 2.75. The van der Waals surface area contributed by atoms with Crippen molar-refractivity contribution in [1.82, 2.24) is 4.72 Å². The number of hydrogen-bond donors (Lipinski definition) is 2. The summed E-state index contributed by atoms with van der Waals surface area (Å²) < 4.78 is 62.1. The van der Waals surface area contributed by atoms with E-state index in [2.05, 4.69) is 10.0 Å². The van der Waals surface area contributed by atoms with E-state index in [9.17, 15) is 21.6 Å². The van der Waals surface area contributed by atoms with Crippen molar-refractivity contribution in [2.24, 2.45) is 0 Å². The van der Waals surface area contributed by atoms with Crippen molar-refractivity contribution in [3.63, 3.8) is 0 Å². The lowest BCUT2D eigenvalue weighted by atomic mass is 10.3. The van der Waals surface area contributed by atoms with Crippen LogP contribution in [0.3, 0.4) is 0 Å². The Morgan fingerprint density at radius 2 is 1.74 bits per heavy atom. The number of rotatable bonds is 5. The van der Waals surface area contributed by atoms with Crippen molar-refractivity contribution in [2.45, 2.75) is 30.0 Å². The Morgan fingerprint density at radius 3 is 2.21 bits per heavy atom. The molecule has 2 N–H and O–H groups in total. The molecule has 1 saturated carbocycles. The van der Waals surface area contributed by atoms with Crippen LogP contribution in [0.5, 0.6) is 0 Å². The van der Waals surface area contributed by atoms with Gasteiger partial charge in [-0.05, 0) is 37.1 Å².